The van der Waals surface area contributed by atoms with Crippen LogP contribution in [-0.2, 0) is 4.79 Å². The van der Waals surface area contributed by atoms with Gasteiger partial charge in [0.05, 0.1) is 0 Å². The van der Waals surface area contributed by atoms with Gasteiger partial charge < -0.3 is 4.79 Å². The van der Waals surface area contributed by atoms with Gasteiger partial charge in [-0.25, -0.2) is 0 Å². The molecule has 2 unspecified atom stereocenters. The highest BCUT2D eigenvalue weighted by molar-refractivity contribution is 5.53. The Hall–Kier alpha value is -0.850. The molecule has 0 aliphatic rings. The first-order valence-corrected chi connectivity index (χ1v) is 5.79. The number of hydrogen-bond acceptors (Lipinski definition) is 1. The minimum atomic E-state index is 0.110. The van der Waals surface area contributed by atoms with E-state index in [1.165, 1.54) is 5.57 Å². The zero-order valence-corrected chi connectivity index (χ0v) is 10.7. The van der Waals surface area contributed by atoms with E-state index in [2.05, 4.69) is 45.9 Å². The number of rotatable bonds is 6. The molecule has 0 aromatic rings. The third-order valence-corrected chi connectivity index (χ3v) is 2.67. The second kappa shape index (κ2) is 7.44. The summed E-state index contributed by atoms with van der Waals surface area (Å²) in [5, 5.41) is 0. The molecule has 0 spiro atoms. The van der Waals surface area contributed by atoms with Crippen molar-refractivity contribution < 1.29 is 4.79 Å². The zero-order valence-electron chi connectivity index (χ0n) is 10.7. The summed E-state index contributed by atoms with van der Waals surface area (Å²) in [5.41, 5.74) is 1.36. The van der Waals surface area contributed by atoms with Crippen molar-refractivity contribution in [1.29, 1.82) is 0 Å². The van der Waals surface area contributed by atoms with Gasteiger partial charge in [-0.3, -0.25) is 0 Å². The highest BCUT2D eigenvalue weighted by Gasteiger charge is 2.07. The minimum Gasteiger partial charge on any atom is -0.303 e. The van der Waals surface area contributed by atoms with Gasteiger partial charge in [0.1, 0.15) is 6.29 Å². The second-order valence-electron chi connectivity index (χ2n) is 4.67. The van der Waals surface area contributed by atoms with Crippen molar-refractivity contribution in [2.75, 3.05) is 0 Å². The van der Waals surface area contributed by atoms with Crippen molar-refractivity contribution >= 4 is 6.29 Å². The summed E-state index contributed by atoms with van der Waals surface area (Å²) < 4.78 is 0. The average Bonchev–Trinajstić information content (AvgIpc) is 2.21. The van der Waals surface area contributed by atoms with Gasteiger partial charge in [0.25, 0.3) is 0 Å². The van der Waals surface area contributed by atoms with E-state index >= 15 is 0 Å². The first kappa shape index (κ1) is 14.2. The first-order chi connectivity index (χ1) is 7.01. The summed E-state index contributed by atoms with van der Waals surface area (Å²) in [4.78, 5) is 10.6. The summed E-state index contributed by atoms with van der Waals surface area (Å²) in [6.45, 7) is 10.5. The molecule has 0 amide bonds. The van der Waals surface area contributed by atoms with Crippen molar-refractivity contribution in [1.82, 2.24) is 0 Å². The molecule has 0 saturated heterocycles. The predicted molar refractivity (Wildman–Crippen MR) is 66.7 cm³/mol. The molecule has 0 N–H and O–H groups in total. The Morgan fingerprint density at radius 3 is 2.13 bits per heavy atom. The summed E-state index contributed by atoms with van der Waals surface area (Å²) >= 11 is 0. The monoisotopic (exact) mass is 208 g/mol. The van der Waals surface area contributed by atoms with Crippen molar-refractivity contribution in [3.05, 3.63) is 23.8 Å². The standard InChI is InChI=1S/C14H24O/c1-6-14(9-11(2)3)8-7-12(4)13(5)10-15/h6-8,10-13H,9H2,1-5H3/b8-7-,14-6+. The molecule has 0 radical (unpaired) electrons. The summed E-state index contributed by atoms with van der Waals surface area (Å²) in [7, 11) is 0. The van der Waals surface area contributed by atoms with Gasteiger partial charge in [-0.15, -0.1) is 0 Å². The van der Waals surface area contributed by atoms with E-state index in [0.29, 0.717) is 11.8 Å². The van der Waals surface area contributed by atoms with E-state index in [1.54, 1.807) is 0 Å². The quantitative estimate of drug-likeness (QED) is 0.476. The molecule has 0 aliphatic carbocycles. The number of hydrogen-bond donors (Lipinski definition) is 0. The maximum Gasteiger partial charge on any atom is 0.123 e. The van der Waals surface area contributed by atoms with Crippen LogP contribution in [-0.4, -0.2) is 6.29 Å². The molecule has 86 valence electrons. The molecule has 0 saturated carbocycles. The maximum absolute atomic E-state index is 10.6. The van der Waals surface area contributed by atoms with Crippen molar-refractivity contribution in [2.24, 2.45) is 17.8 Å². The third kappa shape index (κ3) is 6.27. The Morgan fingerprint density at radius 2 is 1.73 bits per heavy atom. The van der Waals surface area contributed by atoms with Crippen molar-refractivity contribution in [3.63, 3.8) is 0 Å². The molecule has 0 rings (SSSR count). The van der Waals surface area contributed by atoms with Crippen LogP contribution in [0.15, 0.2) is 23.8 Å². The van der Waals surface area contributed by atoms with Gasteiger partial charge in [-0.05, 0) is 25.2 Å². The molecule has 1 nitrogen and oxygen atoms in total. The zero-order chi connectivity index (χ0) is 11.8. The molecule has 0 bridgehead atoms. The van der Waals surface area contributed by atoms with Crippen LogP contribution in [0.3, 0.4) is 0 Å². The second-order valence-corrected chi connectivity index (χ2v) is 4.67. The summed E-state index contributed by atoms with van der Waals surface area (Å²) in [5.74, 6) is 1.11. The SMILES string of the molecule is C/C=C(\C=C/C(C)C(C)C=O)CC(C)C. The first-order valence-electron chi connectivity index (χ1n) is 5.79. The van der Waals surface area contributed by atoms with E-state index < -0.39 is 0 Å². The van der Waals surface area contributed by atoms with Crippen LogP contribution in [0.5, 0.6) is 0 Å². The van der Waals surface area contributed by atoms with Gasteiger partial charge in [0, 0.05) is 5.92 Å². The fourth-order valence-corrected chi connectivity index (χ4v) is 1.33. The highest BCUT2D eigenvalue weighted by Crippen LogP contribution is 2.15. The number of carbonyl (C=O) groups is 1. The molecule has 0 aromatic heterocycles. The van der Waals surface area contributed by atoms with Gasteiger partial charge in [0.2, 0.25) is 0 Å². The molecule has 0 aliphatic heterocycles. The Morgan fingerprint density at radius 1 is 1.13 bits per heavy atom. The topological polar surface area (TPSA) is 17.1 Å². The molecular formula is C14H24O. The lowest BCUT2D eigenvalue weighted by atomic mass is 9.95. The third-order valence-electron chi connectivity index (χ3n) is 2.67. The average molecular weight is 208 g/mol. The molecule has 15 heavy (non-hydrogen) atoms. The summed E-state index contributed by atoms with van der Waals surface area (Å²) in [6, 6.07) is 0. The molecule has 0 fully saturated rings. The van der Waals surface area contributed by atoms with E-state index in [0.717, 1.165) is 12.7 Å². The van der Waals surface area contributed by atoms with Gasteiger partial charge in [-0.1, -0.05) is 51.5 Å². The molecule has 2 atom stereocenters. The lowest BCUT2D eigenvalue weighted by molar-refractivity contribution is -0.111. The van der Waals surface area contributed by atoms with E-state index in [-0.39, 0.29) is 5.92 Å². The normalized spacial score (nSPS) is 17.1. The predicted octanol–water partition coefficient (Wildman–Crippen LogP) is 4.01. The number of allylic oxidation sites excluding steroid dienone is 4. The molecule has 0 heterocycles. The van der Waals surface area contributed by atoms with Crippen LogP contribution in [0.4, 0.5) is 0 Å². The number of aldehydes is 1. The van der Waals surface area contributed by atoms with Crippen LogP contribution in [0.25, 0.3) is 0 Å². The fraction of sp³-hybridized carbons (Fsp3) is 0.643. The van der Waals surface area contributed by atoms with Crippen LogP contribution < -0.4 is 0 Å². The Balaban J connectivity index is 4.29. The Labute approximate surface area is 94.3 Å². The maximum atomic E-state index is 10.6. The van der Waals surface area contributed by atoms with Gasteiger partial charge in [0.15, 0.2) is 0 Å². The van der Waals surface area contributed by atoms with Crippen molar-refractivity contribution in [2.45, 2.75) is 41.0 Å². The van der Waals surface area contributed by atoms with Crippen LogP contribution in [0.2, 0.25) is 0 Å². The van der Waals surface area contributed by atoms with Crippen LogP contribution in [0, 0.1) is 17.8 Å². The molecular weight excluding hydrogens is 184 g/mol. The Bertz CT molecular complexity index is 236. The Kier molecular flexibility index (Phi) is 7.02. The number of carbonyl (C=O) groups excluding carboxylic acids is 1. The smallest absolute Gasteiger partial charge is 0.123 e. The molecule has 1 heteroatoms. The minimum absolute atomic E-state index is 0.110. The van der Waals surface area contributed by atoms with Gasteiger partial charge in [-0.2, -0.15) is 0 Å². The largest absolute Gasteiger partial charge is 0.303 e. The summed E-state index contributed by atoms with van der Waals surface area (Å²) in [6.07, 6.45) is 8.57. The lowest BCUT2D eigenvalue weighted by Crippen LogP contribution is -2.06. The molecule has 0 aromatic carbocycles. The van der Waals surface area contributed by atoms with Crippen molar-refractivity contribution in [3.8, 4) is 0 Å². The fourth-order valence-electron chi connectivity index (χ4n) is 1.33. The van der Waals surface area contributed by atoms with Gasteiger partial charge >= 0.3 is 0 Å². The van der Waals surface area contributed by atoms with E-state index in [9.17, 15) is 4.79 Å². The van der Waals surface area contributed by atoms with E-state index in [4.69, 9.17) is 0 Å². The highest BCUT2D eigenvalue weighted by atomic mass is 16.1. The van der Waals surface area contributed by atoms with Crippen LogP contribution in [0.1, 0.15) is 41.0 Å². The van der Waals surface area contributed by atoms with Crippen LogP contribution >= 0.6 is 0 Å². The lowest BCUT2D eigenvalue weighted by Gasteiger charge is -2.10. The van der Waals surface area contributed by atoms with E-state index in [1.807, 2.05) is 6.92 Å².